The average molecular weight is 381 g/mol. The number of anilines is 2. The molecule has 0 unspecified atom stereocenters. The van der Waals surface area contributed by atoms with E-state index in [0.29, 0.717) is 11.6 Å². The van der Waals surface area contributed by atoms with E-state index in [4.69, 9.17) is 0 Å². The van der Waals surface area contributed by atoms with Crippen LogP contribution >= 0.6 is 0 Å². The first-order chi connectivity index (χ1) is 13.5. The van der Waals surface area contributed by atoms with Crippen LogP contribution < -0.4 is 10.2 Å². The van der Waals surface area contributed by atoms with Gasteiger partial charge in [-0.1, -0.05) is 18.2 Å². The van der Waals surface area contributed by atoms with Gasteiger partial charge in [-0.05, 0) is 68.9 Å². The number of rotatable bonds is 6. The molecule has 1 saturated heterocycles. The highest BCUT2D eigenvalue weighted by Gasteiger charge is 2.22. The Morgan fingerprint density at radius 2 is 1.68 bits per heavy atom. The van der Waals surface area contributed by atoms with Gasteiger partial charge in [0.2, 0.25) is 0 Å². The second kappa shape index (κ2) is 9.11. The molecule has 0 aromatic heterocycles. The maximum absolute atomic E-state index is 12.0. The Labute approximate surface area is 168 Å². The fourth-order valence-electron chi connectivity index (χ4n) is 3.77. The minimum absolute atomic E-state index is 0.0247. The van der Waals surface area contributed by atoms with Crippen LogP contribution in [-0.2, 0) is 6.54 Å². The van der Waals surface area contributed by atoms with Crippen molar-refractivity contribution < 1.29 is 4.79 Å². The fraction of sp³-hybridized carbons (Fsp3) is 0.435. The molecule has 2 aromatic rings. The molecule has 0 spiro atoms. The largest absolute Gasteiger partial charge is 0.381 e. The van der Waals surface area contributed by atoms with Crippen LogP contribution in [0.15, 0.2) is 48.5 Å². The van der Waals surface area contributed by atoms with Crippen molar-refractivity contribution in [1.29, 1.82) is 0 Å². The third-order valence-corrected chi connectivity index (χ3v) is 5.63. The summed E-state index contributed by atoms with van der Waals surface area (Å²) >= 11 is 0. The molecule has 1 aliphatic heterocycles. The van der Waals surface area contributed by atoms with E-state index in [1.165, 1.54) is 24.1 Å². The molecule has 150 valence electrons. The Kier molecular flexibility index (Phi) is 6.57. The molecule has 0 atom stereocenters. The van der Waals surface area contributed by atoms with Gasteiger partial charge in [-0.2, -0.15) is 0 Å². The van der Waals surface area contributed by atoms with Crippen LogP contribution in [0.1, 0.15) is 28.8 Å². The number of nitrogens with one attached hydrogen (secondary N) is 1. The molecule has 0 aliphatic carbocycles. The van der Waals surface area contributed by atoms with Crippen molar-refractivity contribution in [2.24, 2.45) is 0 Å². The molecule has 5 nitrogen and oxygen atoms in total. The molecule has 2 aromatic carbocycles. The van der Waals surface area contributed by atoms with Gasteiger partial charge in [0.05, 0.1) is 0 Å². The molecule has 3 rings (SSSR count). The monoisotopic (exact) mass is 380 g/mol. The number of hydrogen-bond acceptors (Lipinski definition) is 4. The number of carbonyl (C=O) groups is 1. The Morgan fingerprint density at radius 1 is 1.04 bits per heavy atom. The summed E-state index contributed by atoms with van der Waals surface area (Å²) in [4.78, 5) is 18.5. The maximum Gasteiger partial charge on any atom is 0.253 e. The summed E-state index contributed by atoms with van der Waals surface area (Å²) in [7, 11) is 7.96. The zero-order valence-corrected chi connectivity index (χ0v) is 17.5. The molecular formula is C23H32N4O. The van der Waals surface area contributed by atoms with E-state index < -0.39 is 0 Å². The summed E-state index contributed by atoms with van der Waals surface area (Å²) in [5.41, 5.74) is 4.31. The van der Waals surface area contributed by atoms with Gasteiger partial charge >= 0.3 is 0 Å². The lowest BCUT2D eigenvalue weighted by Crippen LogP contribution is -2.42. The van der Waals surface area contributed by atoms with E-state index in [2.05, 4.69) is 53.5 Å². The first-order valence-electron chi connectivity index (χ1n) is 10.0. The molecule has 0 radical (unpaired) electrons. The summed E-state index contributed by atoms with van der Waals surface area (Å²) in [6.45, 7) is 3.08. The summed E-state index contributed by atoms with van der Waals surface area (Å²) in [5.74, 6) is 0.0247. The van der Waals surface area contributed by atoms with Gasteiger partial charge in [-0.15, -0.1) is 0 Å². The number of benzene rings is 2. The van der Waals surface area contributed by atoms with Crippen LogP contribution in [0, 0.1) is 0 Å². The van der Waals surface area contributed by atoms with Crippen LogP contribution in [0.4, 0.5) is 11.4 Å². The van der Waals surface area contributed by atoms with Gasteiger partial charge in [0.15, 0.2) is 0 Å². The van der Waals surface area contributed by atoms with Crippen molar-refractivity contribution in [3.8, 4) is 0 Å². The summed E-state index contributed by atoms with van der Waals surface area (Å²) < 4.78 is 0. The third-order valence-electron chi connectivity index (χ3n) is 5.63. The molecule has 0 saturated carbocycles. The highest BCUT2D eigenvalue weighted by atomic mass is 16.2. The van der Waals surface area contributed by atoms with Crippen LogP contribution in [0.25, 0.3) is 0 Å². The Hall–Kier alpha value is -2.53. The Morgan fingerprint density at radius 3 is 2.32 bits per heavy atom. The lowest BCUT2D eigenvalue weighted by atomic mass is 10.0. The number of amides is 1. The van der Waals surface area contributed by atoms with Gasteiger partial charge < -0.3 is 20.0 Å². The van der Waals surface area contributed by atoms with E-state index >= 15 is 0 Å². The molecular weight excluding hydrogens is 348 g/mol. The van der Waals surface area contributed by atoms with Crippen LogP contribution in [0.3, 0.4) is 0 Å². The Bertz CT molecular complexity index is 779. The van der Waals surface area contributed by atoms with Crippen LogP contribution in [0.5, 0.6) is 0 Å². The van der Waals surface area contributed by atoms with Crippen LogP contribution in [0.2, 0.25) is 0 Å². The Balaban J connectivity index is 1.66. The number of para-hydroxylation sites is 1. The number of likely N-dealkylation sites (tertiary alicyclic amines) is 1. The predicted octanol–water partition coefficient (Wildman–Crippen LogP) is 3.53. The van der Waals surface area contributed by atoms with Gasteiger partial charge in [-0.3, -0.25) is 4.79 Å². The van der Waals surface area contributed by atoms with E-state index in [1.54, 1.807) is 19.0 Å². The van der Waals surface area contributed by atoms with Crippen molar-refractivity contribution in [1.82, 2.24) is 9.80 Å². The second-order valence-corrected chi connectivity index (χ2v) is 7.90. The third kappa shape index (κ3) is 4.84. The summed E-state index contributed by atoms with van der Waals surface area (Å²) in [6.07, 6.45) is 2.41. The molecule has 1 amide bonds. The van der Waals surface area contributed by atoms with Crippen LogP contribution in [-0.4, -0.2) is 63.0 Å². The predicted molar refractivity (Wildman–Crippen MR) is 117 cm³/mol. The van der Waals surface area contributed by atoms with E-state index in [-0.39, 0.29) is 5.91 Å². The second-order valence-electron chi connectivity index (χ2n) is 7.90. The molecule has 1 N–H and O–H groups in total. The quantitative estimate of drug-likeness (QED) is 0.832. The van der Waals surface area contributed by atoms with Crippen molar-refractivity contribution in [3.63, 3.8) is 0 Å². The average Bonchev–Trinajstić information content (AvgIpc) is 2.72. The van der Waals surface area contributed by atoms with Gasteiger partial charge in [0.1, 0.15) is 0 Å². The van der Waals surface area contributed by atoms with Gasteiger partial charge in [0, 0.05) is 50.7 Å². The number of hydrogen-bond donors (Lipinski definition) is 1. The number of nitrogens with zero attached hydrogens (tertiary/aromatic N) is 3. The summed E-state index contributed by atoms with van der Waals surface area (Å²) in [6, 6.07) is 16.9. The van der Waals surface area contributed by atoms with Crippen molar-refractivity contribution in [2.45, 2.75) is 25.4 Å². The topological polar surface area (TPSA) is 38.8 Å². The normalized spacial score (nSPS) is 15.3. The highest BCUT2D eigenvalue weighted by Crippen LogP contribution is 2.26. The van der Waals surface area contributed by atoms with E-state index in [9.17, 15) is 4.79 Å². The van der Waals surface area contributed by atoms with Gasteiger partial charge in [0.25, 0.3) is 5.91 Å². The molecule has 1 fully saturated rings. The van der Waals surface area contributed by atoms with E-state index in [1.807, 2.05) is 24.3 Å². The molecule has 1 heterocycles. The minimum Gasteiger partial charge on any atom is -0.381 e. The number of piperidine rings is 1. The number of carbonyl (C=O) groups excluding carboxylic acids is 1. The molecule has 1 aliphatic rings. The first kappa shape index (κ1) is 20.2. The van der Waals surface area contributed by atoms with Gasteiger partial charge in [-0.25, -0.2) is 0 Å². The smallest absolute Gasteiger partial charge is 0.253 e. The van der Waals surface area contributed by atoms with Crippen molar-refractivity contribution in [3.05, 3.63) is 59.7 Å². The SMILES string of the molecule is CN1CCC(N(C)c2ccccc2CNc2ccc(C(=O)N(C)C)cc2)CC1. The lowest BCUT2D eigenvalue weighted by molar-refractivity contribution is 0.0827. The maximum atomic E-state index is 12.0. The van der Waals surface area contributed by atoms with E-state index in [0.717, 1.165) is 25.3 Å². The lowest BCUT2D eigenvalue weighted by Gasteiger charge is -2.37. The minimum atomic E-state index is 0.0247. The van der Waals surface area contributed by atoms with Crippen molar-refractivity contribution >= 4 is 17.3 Å². The molecule has 0 bridgehead atoms. The first-order valence-corrected chi connectivity index (χ1v) is 10.0. The zero-order valence-electron chi connectivity index (χ0n) is 17.5. The highest BCUT2D eigenvalue weighted by molar-refractivity contribution is 5.94. The zero-order chi connectivity index (χ0) is 20.1. The standard InChI is InChI=1S/C23H32N4O/c1-25(2)23(28)18-9-11-20(12-10-18)24-17-19-7-5-6-8-22(19)27(4)21-13-15-26(3)16-14-21/h5-12,21,24H,13-17H2,1-4H3. The van der Waals surface area contributed by atoms with Crippen molar-refractivity contribution in [2.75, 3.05) is 51.5 Å². The molecule has 5 heteroatoms. The summed E-state index contributed by atoms with van der Waals surface area (Å²) in [5, 5.41) is 3.50. The molecule has 28 heavy (non-hydrogen) atoms. The fourth-order valence-corrected chi connectivity index (χ4v) is 3.77.